The molecule has 0 atom stereocenters. The average Bonchev–Trinajstić information content (AvgIpc) is 3.31. The molecule has 8 nitrogen and oxygen atoms in total. The lowest BCUT2D eigenvalue weighted by Gasteiger charge is -2.58. The van der Waals surface area contributed by atoms with E-state index in [1.165, 1.54) is 11.7 Å². The van der Waals surface area contributed by atoms with Crippen molar-refractivity contribution in [3.8, 4) is 17.6 Å². The molecule has 3 aliphatic rings. The number of carbonyl (C=O) groups is 1. The molecule has 3 fully saturated rings. The zero-order valence-corrected chi connectivity index (χ0v) is 25.7. The number of amides is 1. The fourth-order valence-electron chi connectivity index (χ4n) is 6.83. The van der Waals surface area contributed by atoms with E-state index in [1.807, 2.05) is 13.0 Å². The van der Waals surface area contributed by atoms with Crippen LogP contribution in [0.25, 0.3) is 10.9 Å². The summed E-state index contributed by atoms with van der Waals surface area (Å²) in [7, 11) is 1.51. The molecule has 0 unspecified atom stereocenters. The van der Waals surface area contributed by atoms with E-state index in [2.05, 4.69) is 32.7 Å². The summed E-state index contributed by atoms with van der Waals surface area (Å²) in [6, 6.07) is 13.1. The summed E-state index contributed by atoms with van der Waals surface area (Å²) in [5, 5.41) is 10.3. The number of likely N-dealkylation sites (tertiary alicyclic amines) is 1. The number of nitrogens with one attached hydrogen (secondary N) is 3. The summed E-state index contributed by atoms with van der Waals surface area (Å²) >= 11 is 0. The lowest BCUT2D eigenvalue weighted by Crippen LogP contribution is -2.68. The summed E-state index contributed by atoms with van der Waals surface area (Å²) in [4.78, 5) is 14.8. The minimum absolute atomic E-state index is 0.171. The average molecular weight is 624 g/mol. The molecule has 1 aromatic heterocycles. The molecule has 0 radical (unpaired) electrons. The summed E-state index contributed by atoms with van der Waals surface area (Å²) in [6.45, 7) is 5.46. The Bertz CT molecular complexity index is 1590. The van der Waals surface area contributed by atoms with E-state index in [0.717, 1.165) is 63.1 Å². The van der Waals surface area contributed by atoms with Crippen LogP contribution in [0.1, 0.15) is 48.7 Å². The number of carbonyl (C=O) groups excluding carboxylic acids is 1. The van der Waals surface area contributed by atoms with Crippen LogP contribution in [-0.2, 0) is 11.3 Å². The molecule has 3 N–H and O–H groups in total. The van der Waals surface area contributed by atoms with Gasteiger partial charge in [0.15, 0.2) is 0 Å². The lowest BCUT2D eigenvalue weighted by molar-refractivity contribution is -0.200. The maximum atomic E-state index is 13.7. The maximum Gasteiger partial charge on any atom is 0.406 e. The van der Waals surface area contributed by atoms with Crippen LogP contribution in [0.5, 0.6) is 5.75 Å². The molecule has 6 rings (SSSR count). The van der Waals surface area contributed by atoms with Gasteiger partial charge in [-0.3, -0.25) is 9.69 Å². The van der Waals surface area contributed by atoms with Crippen LogP contribution in [0.3, 0.4) is 0 Å². The highest BCUT2D eigenvalue weighted by atomic mass is 19.4. The van der Waals surface area contributed by atoms with Gasteiger partial charge in [0.1, 0.15) is 12.3 Å². The fourth-order valence-corrected chi connectivity index (χ4v) is 6.83. The summed E-state index contributed by atoms with van der Waals surface area (Å²) < 4.78 is 53.2. The molecule has 2 saturated heterocycles. The predicted molar refractivity (Wildman–Crippen MR) is 169 cm³/mol. The Kier molecular flexibility index (Phi) is 8.89. The summed E-state index contributed by atoms with van der Waals surface area (Å²) in [5.74, 6) is 6.20. The van der Waals surface area contributed by atoms with Crippen molar-refractivity contribution in [2.24, 2.45) is 5.41 Å². The zero-order chi connectivity index (χ0) is 31.6. The topological polar surface area (TPSA) is 79.8 Å². The molecule has 1 saturated carbocycles. The van der Waals surface area contributed by atoms with Gasteiger partial charge in [-0.1, -0.05) is 12.0 Å². The van der Waals surface area contributed by atoms with Gasteiger partial charge in [0, 0.05) is 53.8 Å². The number of ether oxygens (including phenoxy) is 2. The first-order chi connectivity index (χ1) is 21.7. The second-order valence-electron chi connectivity index (χ2n) is 12.4. The third-order valence-corrected chi connectivity index (χ3v) is 9.13. The van der Waals surface area contributed by atoms with E-state index in [0.29, 0.717) is 46.2 Å². The van der Waals surface area contributed by atoms with E-state index >= 15 is 0 Å². The molecular weight excluding hydrogens is 583 g/mol. The van der Waals surface area contributed by atoms with Crippen LogP contribution in [0.15, 0.2) is 42.5 Å². The number of methoxy groups -OCH3 is 1. The molecule has 11 heteroatoms. The van der Waals surface area contributed by atoms with Crippen LogP contribution >= 0.6 is 0 Å². The molecule has 0 bridgehead atoms. The van der Waals surface area contributed by atoms with Crippen LogP contribution in [0.4, 0.5) is 24.5 Å². The number of halogens is 3. The SMILES string of the molecule is CCNC(=O)c1ccc(NCC#Cc2cc3c(NC4CCC(N5CC6(COC6)C5)CC4)cccc3n2CC(F)(F)F)c(OC)c1. The van der Waals surface area contributed by atoms with Crippen molar-refractivity contribution in [2.45, 2.75) is 57.4 Å². The van der Waals surface area contributed by atoms with Crippen molar-refractivity contribution >= 4 is 28.2 Å². The Labute approximate surface area is 261 Å². The Balaban J connectivity index is 1.14. The second-order valence-corrected chi connectivity index (χ2v) is 12.4. The Morgan fingerprint density at radius 2 is 1.87 bits per heavy atom. The van der Waals surface area contributed by atoms with Crippen LogP contribution in [-0.4, -0.2) is 80.1 Å². The van der Waals surface area contributed by atoms with E-state index in [9.17, 15) is 18.0 Å². The van der Waals surface area contributed by atoms with Crippen molar-refractivity contribution in [3.63, 3.8) is 0 Å². The summed E-state index contributed by atoms with van der Waals surface area (Å²) in [6.07, 6.45) is -0.124. The molecule has 2 aliphatic heterocycles. The van der Waals surface area contributed by atoms with Gasteiger partial charge in [-0.05, 0) is 74.9 Å². The second kappa shape index (κ2) is 12.9. The van der Waals surface area contributed by atoms with E-state index in [1.54, 1.807) is 36.4 Å². The number of hydrogen-bond acceptors (Lipinski definition) is 6. The highest BCUT2D eigenvalue weighted by molar-refractivity contribution is 5.95. The molecule has 2 aromatic carbocycles. The number of hydrogen-bond donors (Lipinski definition) is 3. The first-order valence-corrected chi connectivity index (χ1v) is 15.6. The molecule has 240 valence electrons. The van der Waals surface area contributed by atoms with Crippen molar-refractivity contribution in [2.75, 3.05) is 57.1 Å². The number of anilines is 2. The molecule has 1 aliphatic carbocycles. The van der Waals surface area contributed by atoms with Gasteiger partial charge >= 0.3 is 6.18 Å². The highest BCUT2D eigenvalue weighted by Gasteiger charge is 2.50. The number of aromatic nitrogens is 1. The fraction of sp³-hybridized carbons (Fsp3) is 0.500. The molecule has 1 amide bonds. The quantitative estimate of drug-likeness (QED) is 0.274. The van der Waals surface area contributed by atoms with Crippen LogP contribution < -0.4 is 20.7 Å². The first-order valence-electron chi connectivity index (χ1n) is 15.6. The molecular formula is C34H40F3N5O3. The molecule has 45 heavy (non-hydrogen) atoms. The van der Waals surface area contributed by atoms with E-state index in [4.69, 9.17) is 9.47 Å². The highest BCUT2D eigenvalue weighted by Crippen LogP contribution is 2.41. The van der Waals surface area contributed by atoms with Crippen molar-refractivity contribution in [3.05, 3.63) is 53.7 Å². The monoisotopic (exact) mass is 623 g/mol. The minimum Gasteiger partial charge on any atom is -0.495 e. The number of benzene rings is 2. The number of rotatable bonds is 9. The standard InChI is InChI=1S/C34H40F3N5O3/c1-3-38-32(43)23-9-14-29(31(16-23)44-2)39-15-5-6-26-17-27-28(7-4-8-30(27)42(26)20-34(35,36)37)40-24-10-12-25(13-11-24)41-18-33(19-41)21-45-22-33/h4,7-9,14,16-17,24-25,39-40H,3,10-13,15,18-22H2,1-2H3,(H,38,43). The molecule has 3 heterocycles. The molecule has 3 aromatic rings. The van der Waals surface area contributed by atoms with Gasteiger partial charge in [0.2, 0.25) is 0 Å². The zero-order valence-electron chi connectivity index (χ0n) is 25.7. The van der Waals surface area contributed by atoms with Gasteiger partial charge in [0.05, 0.1) is 43.8 Å². The minimum atomic E-state index is -4.40. The van der Waals surface area contributed by atoms with Gasteiger partial charge in [-0.15, -0.1) is 0 Å². The van der Waals surface area contributed by atoms with Crippen molar-refractivity contribution < 1.29 is 27.4 Å². The Morgan fingerprint density at radius 3 is 2.53 bits per heavy atom. The smallest absolute Gasteiger partial charge is 0.406 e. The van der Waals surface area contributed by atoms with Gasteiger partial charge in [-0.2, -0.15) is 13.2 Å². The maximum absolute atomic E-state index is 13.7. The number of nitrogens with zero attached hydrogens (tertiary/aromatic N) is 2. The van der Waals surface area contributed by atoms with Crippen molar-refractivity contribution in [1.29, 1.82) is 0 Å². The van der Waals surface area contributed by atoms with Gasteiger partial charge in [-0.25, -0.2) is 0 Å². The third kappa shape index (κ3) is 6.87. The van der Waals surface area contributed by atoms with E-state index < -0.39 is 12.7 Å². The summed E-state index contributed by atoms with van der Waals surface area (Å²) in [5.41, 5.74) is 3.14. The normalized spacial score (nSPS) is 20.9. The number of alkyl halides is 3. The van der Waals surface area contributed by atoms with Crippen LogP contribution in [0.2, 0.25) is 0 Å². The third-order valence-electron chi connectivity index (χ3n) is 9.13. The Morgan fingerprint density at radius 1 is 1.09 bits per heavy atom. The molecule has 1 spiro atoms. The first kappa shape index (κ1) is 31.1. The largest absolute Gasteiger partial charge is 0.495 e. The van der Waals surface area contributed by atoms with Gasteiger partial charge < -0.3 is 30.0 Å². The predicted octanol–water partition coefficient (Wildman–Crippen LogP) is 5.48. The van der Waals surface area contributed by atoms with Crippen molar-refractivity contribution in [1.82, 2.24) is 14.8 Å². The lowest BCUT2D eigenvalue weighted by atomic mass is 9.75. The van der Waals surface area contributed by atoms with Gasteiger partial charge in [0.25, 0.3) is 5.91 Å². The van der Waals surface area contributed by atoms with E-state index in [-0.39, 0.29) is 18.5 Å². The Hall–Kier alpha value is -3.88. The van der Waals surface area contributed by atoms with Crippen LogP contribution in [0, 0.1) is 17.3 Å². The number of fused-ring (bicyclic) bond motifs is 1.